The molecule has 0 unspecified atom stereocenters. The summed E-state index contributed by atoms with van der Waals surface area (Å²) < 4.78 is 1.69. The van der Waals surface area contributed by atoms with Crippen molar-refractivity contribution in [3.63, 3.8) is 0 Å². The second-order valence-electron chi connectivity index (χ2n) is 2.60. The maximum Gasteiger partial charge on any atom is 0.191 e. The fraction of sp³-hybridized carbons (Fsp3) is 0.286. The number of nitrogens with two attached hydrogens (primary N) is 1. The highest BCUT2D eigenvalue weighted by Gasteiger charge is 2.07. The monoisotopic (exact) mass is 195 g/mol. The van der Waals surface area contributed by atoms with Gasteiger partial charge >= 0.3 is 0 Å². The van der Waals surface area contributed by atoms with E-state index in [9.17, 15) is 0 Å². The number of anilines is 1. The molecule has 0 fully saturated rings. The van der Waals surface area contributed by atoms with E-state index in [1.54, 1.807) is 10.9 Å². The summed E-state index contributed by atoms with van der Waals surface area (Å²) in [5, 5.41) is 5.54. The molecule has 0 saturated heterocycles. The summed E-state index contributed by atoms with van der Waals surface area (Å²) in [4.78, 5) is 8.40. The Morgan fingerprint density at radius 2 is 2.23 bits per heavy atom. The second kappa shape index (κ2) is 2.88. The number of hydrogen-bond acceptors (Lipinski definition) is 5. The van der Waals surface area contributed by atoms with Gasteiger partial charge in [0.2, 0.25) is 0 Å². The standard InChI is InChI=1S/C7H9N5S/c1-12-6-4(3-9-12)5(8)10-7(11-6)13-2/h3H,1-2H3,(H2,8,10,11). The van der Waals surface area contributed by atoms with E-state index in [-0.39, 0.29) is 0 Å². The van der Waals surface area contributed by atoms with Crippen molar-refractivity contribution < 1.29 is 0 Å². The summed E-state index contributed by atoms with van der Waals surface area (Å²) in [5.41, 5.74) is 6.50. The minimum atomic E-state index is 0.488. The molecule has 0 aromatic carbocycles. The van der Waals surface area contributed by atoms with Crippen LogP contribution < -0.4 is 5.73 Å². The van der Waals surface area contributed by atoms with E-state index in [1.165, 1.54) is 11.8 Å². The van der Waals surface area contributed by atoms with E-state index in [0.29, 0.717) is 11.0 Å². The SMILES string of the molecule is CSc1nc(N)c2cnn(C)c2n1. The van der Waals surface area contributed by atoms with Crippen molar-refractivity contribution in [3.05, 3.63) is 6.20 Å². The third kappa shape index (κ3) is 1.23. The van der Waals surface area contributed by atoms with Crippen LogP contribution in [0.2, 0.25) is 0 Å². The fourth-order valence-corrected chi connectivity index (χ4v) is 1.48. The molecule has 0 amide bonds. The lowest BCUT2D eigenvalue weighted by molar-refractivity contribution is 0.778. The maximum absolute atomic E-state index is 5.73. The van der Waals surface area contributed by atoms with Crippen molar-refractivity contribution in [2.45, 2.75) is 5.16 Å². The van der Waals surface area contributed by atoms with Crippen LogP contribution in [-0.4, -0.2) is 26.0 Å². The van der Waals surface area contributed by atoms with Gasteiger partial charge in [0, 0.05) is 7.05 Å². The minimum Gasteiger partial charge on any atom is -0.383 e. The Kier molecular flexibility index (Phi) is 1.84. The van der Waals surface area contributed by atoms with Crippen molar-refractivity contribution in [2.75, 3.05) is 12.0 Å². The van der Waals surface area contributed by atoms with E-state index in [0.717, 1.165) is 11.0 Å². The third-order valence-corrected chi connectivity index (χ3v) is 2.33. The molecule has 2 rings (SSSR count). The quantitative estimate of drug-likeness (QED) is 0.535. The number of aryl methyl sites for hydroxylation is 1. The van der Waals surface area contributed by atoms with E-state index in [4.69, 9.17) is 5.73 Å². The smallest absolute Gasteiger partial charge is 0.191 e. The molecule has 2 N–H and O–H groups in total. The van der Waals surface area contributed by atoms with Gasteiger partial charge in [-0.3, -0.25) is 4.68 Å². The summed E-state index contributed by atoms with van der Waals surface area (Å²) in [5.74, 6) is 0.488. The van der Waals surface area contributed by atoms with E-state index < -0.39 is 0 Å². The normalized spacial score (nSPS) is 10.9. The lowest BCUT2D eigenvalue weighted by Gasteiger charge is -1.99. The van der Waals surface area contributed by atoms with Gasteiger partial charge in [0.15, 0.2) is 10.8 Å². The van der Waals surface area contributed by atoms with Crippen LogP contribution in [0.1, 0.15) is 0 Å². The molecule has 2 aromatic rings. The Morgan fingerprint density at radius 1 is 1.46 bits per heavy atom. The number of rotatable bonds is 1. The summed E-state index contributed by atoms with van der Waals surface area (Å²) in [6.07, 6.45) is 3.59. The first-order valence-electron chi connectivity index (χ1n) is 3.71. The molecule has 5 nitrogen and oxygen atoms in total. The van der Waals surface area contributed by atoms with Crippen LogP contribution in [0.4, 0.5) is 5.82 Å². The number of nitrogens with zero attached hydrogens (tertiary/aromatic N) is 4. The van der Waals surface area contributed by atoms with Crippen molar-refractivity contribution >= 4 is 28.6 Å². The topological polar surface area (TPSA) is 69.6 Å². The predicted molar refractivity (Wildman–Crippen MR) is 52.5 cm³/mol. The first kappa shape index (κ1) is 8.31. The highest BCUT2D eigenvalue weighted by Crippen LogP contribution is 2.19. The number of thioether (sulfide) groups is 1. The van der Waals surface area contributed by atoms with Gasteiger partial charge in [0.1, 0.15) is 5.82 Å². The van der Waals surface area contributed by atoms with Crippen molar-refractivity contribution in [1.82, 2.24) is 19.7 Å². The molecule has 0 bridgehead atoms. The summed E-state index contributed by atoms with van der Waals surface area (Å²) in [6, 6.07) is 0. The lowest BCUT2D eigenvalue weighted by atomic mass is 10.4. The highest BCUT2D eigenvalue weighted by molar-refractivity contribution is 7.98. The van der Waals surface area contributed by atoms with E-state index in [2.05, 4.69) is 15.1 Å². The largest absolute Gasteiger partial charge is 0.383 e. The van der Waals surface area contributed by atoms with E-state index in [1.807, 2.05) is 13.3 Å². The molecule has 13 heavy (non-hydrogen) atoms. The summed E-state index contributed by atoms with van der Waals surface area (Å²) in [7, 11) is 1.83. The zero-order valence-electron chi connectivity index (χ0n) is 7.35. The number of nitrogen functional groups attached to an aromatic ring is 1. The van der Waals surface area contributed by atoms with Crippen LogP contribution in [-0.2, 0) is 7.05 Å². The van der Waals surface area contributed by atoms with Crippen LogP contribution in [0.15, 0.2) is 11.4 Å². The van der Waals surface area contributed by atoms with Gasteiger partial charge in [-0.25, -0.2) is 9.97 Å². The predicted octanol–water partition coefficient (Wildman–Crippen LogP) is 0.667. The van der Waals surface area contributed by atoms with Crippen molar-refractivity contribution in [3.8, 4) is 0 Å². The molecule has 6 heteroatoms. The Bertz CT molecular complexity index is 449. The Labute approximate surface area is 79.4 Å². The van der Waals surface area contributed by atoms with Crippen LogP contribution in [0, 0.1) is 0 Å². The van der Waals surface area contributed by atoms with Gasteiger partial charge in [-0.2, -0.15) is 5.10 Å². The third-order valence-electron chi connectivity index (χ3n) is 1.78. The molecule has 0 saturated carbocycles. The minimum absolute atomic E-state index is 0.488. The van der Waals surface area contributed by atoms with E-state index >= 15 is 0 Å². The second-order valence-corrected chi connectivity index (χ2v) is 3.37. The summed E-state index contributed by atoms with van der Waals surface area (Å²) in [6.45, 7) is 0. The van der Waals surface area contributed by atoms with Gasteiger partial charge in [-0.15, -0.1) is 0 Å². The van der Waals surface area contributed by atoms with Crippen LogP contribution in [0.25, 0.3) is 11.0 Å². The molecule has 68 valence electrons. The Hall–Kier alpha value is -1.30. The Balaban J connectivity index is 2.80. The van der Waals surface area contributed by atoms with Gasteiger partial charge in [-0.05, 0) is 6.26 Å². The lowest BCUT2D eigenvalue weighted by Crippen LogP contribution is -1.98. The molecule has 0 aliphatic carbocycles. The number of fused-ring (bicyclic) bond motifs is 1. The fourth-order valence-electron chi connectivity index (χ4n) is 1.11. The zero-order valence-corrected chi connectivity index (χ0v) is 8.17. The van der Waals surface area contributed by atoms with Gasteiger partial charge in [-0.1, -0.05) is 11.8 Å². The molecule has 0 aliphatic heterocycles. The highest BCUT2D eigenvalue weighted by atomic mass is 32.2. The first-order valence-corrected chi connectivity index (χ1v) is 4.94. The maximum atomic E-state index is 5.73. The molecule has 2 heterocycles. The van der Waals surface area contributed by atoms with Crippen LogP contribution in [0.5, 0.6) is 0 Å². The average Bonchev–Trinajstić information content (AvgIpc) is 2.48. The van der Waals surface area contributed by atoms with Gasteiger partial charge in [0.05, 0.1) is 11.6 Å². The summed E-state index contributed by atoms with van der Waals surface area (Å²) >= 11 is 1.47. The van der Waals surface area contributed by atoms with Crippen LogP contribution in [0.3, 0.4) is 0 Å². The molecule has 0 aliphatic rings. The number of aromatic nitrogens is 4. The van der Waals surface area contributed by atoms with Crippen molar-refractivity contribution in [2.24, 2.45) is 7.05 Å². The first-order chi connectivity index (χ1) is 6.22. The molecular formula is C7H9N5S. The molecule has 2 aromatic heterocycles. The van der Waals surface area contributed by atoms with Gasteiger partial charge in [0.25, 0.3) is 0 Å². The molecular weight excluding hydrogens is 186 g/mol. The molecule has 0 spiro atoms. The van der Waals surface area contributed by atoms with Gasteiger partial charge < -0.3 is 5.73 Å². The van der Waals surface area contributed by atoms with Crippen LogP contribution >= 0.6 is 11.8 Å². The molecule has 0 radical (unpaired) electrons. The number of hydrogen-bond donors (Lipinski definition) is 1. The zero-order chi connectivity index (χ0) is 9.42. The van der Waals surface area contributed by atoms with Crippen molar-refractivity contribution in [1.29, 1.82) is 0 Å². The Morgan fingerprint density at radius 3 is 2.92 bits per heavy atom. The average molecular weight is 195 g/mol. The molecule has 0 atom stereocenters.